The molecule has 3 N–H and O–H groups in total. The van der Waals surface area contributed by atoms with Crippen LogP contribution in [0.2, 0.25) is 0 Å². The first-order chi connectivity index (χ1) is 9.92. The fraction of sp³-hybridized carbons (Fsp3) is 0.0714. The minimum Gasteiger partial charge on any atom is -0.496 e. The van der Waals surface area contributed by atoms with Gasteiger partial charge in [-0.15, -0.1) is 0 Å². The highest BCUT2D eigenvalue weighted by molar-refractivity contribution is 6.06. The summed E-state index contributed by atoms with van der Waals surface area (Å²) in [5, 5.41) is 2.09. The monoisotopic (exact) mass is 296 g/mol. The van der Waals surface area contributed by atoms with E-state index in [9.17, 15) is 18.0 Å². The number of methoxy groups -OCH3 is 1. The summed E-state index contributed by atoms with van der Waals surface area (Å²) in [5.41, 5.74) is 5.37. The number of anilines is 2. The zero-order valence-corrected chi connectivity index (χ0v) is 10.9. The second-order valence-corrected chi connectivity index (χ2v) is 4.16. The number of hydrogen-bond acceptors (Lipinski definition) is 3. The average molecular weight is 296 g/mol. The molecule has 0 saturated heterocycles. The first-order valence-corrected chi connectivity index (χ1v) is 5.81. The van der Waals surface area contributed by atoms with Gasteiger partial charge in [-0.2, -0.15) is 0 Å². The van der Waals surface area contributed by atoms with Crippen LogP contribution >= 0.6 is 0 Å². The second-order valence-electron chi connectivity index (χ2n) is 4.16. The van der Waals surface area contributed by atoms with E-state index in [4.69, 9.17) is 10.5 Å². The van der Waals surface area contributed by atoms with Crippen LogP contribution in [0, 0.1) is 17.5 Å². The Bertz CT molecular complexity index is 705. The minimum absolute atomic E-state index is 0.0516. The third-order valence-corrected chi connectivity index (χ3v) is 2.71. The van der Waals surface area contributed by atoms with Crippen LogP contribution in [0.1, 0.15) is 10.4 Å². The molecule has 0 heterocycles. The standard InChI is InChI=1S/C14H11F3N2O2/c1-21-12-6-8(18)2-3-9(12)14(20)19-11-5-7(15)4-10(16)13(11)17/h2-6H,18H2,1H3,(H,19,20). The van der Waals surface area contributed by atoms with Crippen molar-refractivity contribution in [3.63, 3.8) is 0 Å². The lowest BCUT2D eigenvalue weighted by Crippen LogP contribution is -2.15. The number of hydrogen-bond donors (Lipinski definition) is 2. The number of carbonyl (C=O) groups excluding carboxylic acids is 1. The lowest BCUT2D eigenvalue weighted by Gasteiger charge is -2.11. The summed E-state index contributed by atoms with van der Waals surface area (Å²) in [7, 11) is 1.33. The van der Waals surface area contributed by atoms with Gasteiger partial charge in [0, 0.05) is 23.9 Å². The van der Waals surface area contributed by atoms with Gasteiger partial charge in [0.1, 0.15) is 11.6 Å². The number of carbonyl (C=O) groups is 1. The Kier molecular flexibility index (Phi) is 4.02. The molecule has 0 aromatic heterocycles. The van der Waals surface area contributed by atoms with Crippen LogP contribution in [-0.2, 0) is 0 Å². The summed E-state index contributed by atoms with van der Waals surface area (Å²) in [4.78, 5) is 12.0. The summed E-state index contributed by atoms with van der Waals surface area (Å²) >= 11 is 0. The van der Waals surface area contributed by atoms with E-state index in [1.165, 1.54) is 25.3 Å². The maximum atomic E-state index is 13.5. The van der Waals surface area contributed by atoms with Gasteiger partial charge in [-0.1, -0.05) is 0 Å². The first-order valence-electron chi connectivity index (χ1n) is 5.81. The molecule has 110 valence electrons. The second kappa shape index (κ2) is 5.74. The van der Waals surface area contributed by atoms with Gasteiger partial charge < -0.3 is 15.8 Å². The van der Waals surface area contributed by atoms with E-state index in [-0.39, 0.29) is 11.3 Å². The molecule has 0 unspecified atom stereocenters. The molecule has 2 aromatic rings. The molecule has 7 heteroatoms. The fourth-order valence-electron chi connectivity index (χ4n) is 1.73. The zero-order valence-electron chi connectivity index (χ0n) is 10.9. The van der Waals surface area contributed by atoms with Crippen LogP contribution in [0.5, 0.6) is 5.75 Å². The van der Waals surface area contributed by atoms with Crippen molar-refractivity contribution in [2.45, 2.75) is 0 Å². The van der Waals surface area contributed by atoms with E-state index in [1.54, 1.807) is 0 Å². The molecule has 0 aliphatic heterocycles. The van der Waals surface area contributed by atoms with Crippen molar-refractivity contribution in [2.24, 2.45) is 0 Å². The molecule has 0 radical (unpaired) electrons. The van der Waals surface area contributed by atoms with E-state index in [1.807, 2.05) is 0 Å². The van der Waals surface area contributed by atoms with Crippen molar-refractivity contribution in [3.8, 4) is 5.75 Å². The number of rotatable bonds is 3. The molecule has 1 amide bonds. The van der Waals surface area contributed by atoms with Crippen LogP contribution in [0.25, 0.3) is 0 Å². The van der Waals surface area contributed by atoms with Gasteiger partial charge in [0.2, 0.25) is 0 Å². The lowest BCUT2D eigenvalue weighted by atomic mass is 10.1. The highest BCUT2D eigenvalue weighted by atomic mass is 19.2. The van der Waals surface area contributed by atoms with Gasteiger partial charge in [0.15, 0.2) is 11.6 Å². The van der Waals surface area contributed by atoms with Crippen LogP contribution < -0.4 is 15.8 Å². The molecule has 0 aliphatic rings. The predicted molar refractivity (Wildman–Crippen MR) is 71.7 cm³/mol. The number of halogens is 3. The molecule has 0 saturated carbocycles. The fourth-order valence-corrected chi connectivity index (χ4v) is 1.73. The number of nitrogens with one attached hydrogen (secondary N) is 1. The Labute approximate surface area is 118 Å². The van der Waals surface area contributed by atoms with Crippen LogP contribution in [0.4, 0.5) is 24.5 Å². The van der Waals surface area contributed by atoms with Crippen molar-refractivity contribution >= 4 is 17.3 Å². The Morgan fingerprint density at radius 2 is 1.90 bits per heavy atom. The van der Waals surface area contributed by atoms with Gasteiger partial charge in [-0.3, -0.25) is 4.79 Å². The molecule has 0 aliphatic carbocycles. The molecule has 0 fully saturated rings. The van der Waals surface area contributed by atoms with E-state index in [2.05, 4.69) is 5.32 Å². The summed E-state index contributed by atoms with van der Waals surface area (Å²) in [6, 6.07) is 5.27. The Morgan fingerprint density at radius 1 is 1.19 bits per heavy atom. The minimum atomic E-state index is -1.39. The summed E-state index contributed by atoms with van der Waals surface area (Å²) in [6.45, 7) is 0. The third-order valence-electron chi connectivity index (χ3n) is 2.71. The number of benzene rings is 2. The van der Waals surface area contributed by atoms with Crippen LogP contribution in [0.3, 0.4) is 0 Å². The molecule has 2 rings (SSSR count). The first kappa shape index (κ1) is 14.7. The lowest BCUT2D eigenvalue weighted by molar-refractivity contribution is 0.102. The van der Waals surface area contributed by atoms with Gasteiger partial charge in [-0.25, -0.2) is 13.2 Å². The van der Waals surface area contributed by atoms with Crippen molar-refractivity contribution in [1.29, 1.82) is 0 Å². The van der Waals surface area contributed by atoms with E-state index >= 15 is 0 Å². The summed E-state index contributed by atoms with van der Waals surface area (Å²) < 4.78 is 44.6. The number of nitrogens with two attached hydrogens (primary N) is 1. The van der Waals surface area contributed by atoms with E-state index in [0.29, 0.717) is 17.8 Å². The van der Waals surface area contributed by atoms with Crippen LogP contribution in [-0.4, -0.2) is 13.0 Å². The van der Waals surface area contributed by atoms with Gasteiger partial charge in [0.05, 0.1) is 18.4 Å². The molecular weight excluding hydrogens is 285 g/mol. The average Bonchev–Trinajstić information content (AvgIpc) is 2.43. The summed E-state index contributed by atoms with van der Waals surface area (Å²) in [6.07, 6.45) is 0. The van der Waals surface area contributed by atoms with Gasteiger partial charge in [0.25, 0.3) is 5.91 Å². The Balaban J connectivity index is 2.35. The number of amides is 1. The molecule has 21 heavy (non-hydrogen) atoms. The molecule has 2 aromatic carbocycles. The van der Waals surface area contributed by atoms with Crippen molar-refractivity contribution in [1.82, 2.24) is 0 Å². The van der Waals surface area contributed by atoms with Gasteiger partial charge >= 0.3 is 0 Å². The SMILES string of the molecule is COc1cc(N)ccc1C(=O)Nc1cc(F)cc(F)c1F. The Morgan fingerprint density at radius 3 is 2.57 bits per heavy atom. The van der Waals surface area contributed by atoms with Crippen molar-refractivity contribution in [3.05, 3.63) is 53.3 Å². The third kappa shape index (κ3) is 3.07. The highest BCUT2D eigenvalue weighted by Gasteiger charge is 2.17. The van der Waals surface area contributed by atoms with E-state index < -0.39 is 29.0 Å². The molecule has 0 atom stereocenters. The smallest absolute Gasteiger partial charge is 0.259 e. The normalized spacial score (nSPS) is 10.3. The largest absolute Gasteiger partial charge is 0.496 e. The van der Waals surface area contributed by atoms with Crippen LogP contribution in [0.15, 0.2) is 30.3 Å². The molecule has 4 nitrogen and oxygen atoms in total. The van der Waals surface area contributed by atoms with Crippen molar-refractivity contribution < 1.29 is 22.7 Å². The quantitative estimate of drug-likeness (QED) is 0.676. The van der Waals surface area contributed by atoms with Crippen molar-refractivity contribution in [2.75, 3.05) is 18.2 Å². The molecule has 0 spiro atoms. The zero-order chi connectivity index (χ0) is 15.6. The predicted octanol–water partition coefficient (Wildman–Crippen LogP) is 2.95. The van der Waals surface area contributed by atoms with E-state index in [0.717, 1.165) is 0 Å². The van der Waals surface area contributed by atoms with Gasteiger partial charge in [-0.05, 0) is 12.1 Å². The molecule has 0 bridgehead atoms. The number of nitrogen functional groups attached to an aromatic ring is 1. The summed E-state index contributed by atoms with van der Waals surface area (Å²) in [5.74, 6) is -4.37. The highest BCUT2D eigenvalue weighted by Crippen LogP contribution is 2.24. The maximum Gasteiger partial charge on any atom is 0.259 e. The Hall–Kier alpha value is -2.70. The molecular formula is C14H11F3N2O2. The number of ether oxygens (including phenoxy) is 1. The topological polar surface area (TPSA) is 64.3 Å². The maximum absolute atomic E-state index is 13.5.